The van der Waals surface area contributed by atoms with Crippen LogP contribution in [-0.4, -0.2) is 38.3 Å². The van der Waals surface area contributed by atoms with E-state index in [1.807, 2.05) is 0 Å². The Bertz CT molecular complexity index is 627. The van der Waals surface area contributed by atoms with Crippen LogP contribution in [0.3, 0.4) is 0 Å². The summed E-state index contributed by atoms with van der Waals surface area (Å²) in [6.45, 7) is 0.154. The van der Waals surface area contributed by atoms with Gasteiger partial charge in [-0.3, -0.25) is 4.79 Å². The highest BCUT2D eigenvalue weighted by Gasteiger charge is 2.45. The zero-order valence-electron chi connectivity index (χ0n) is 12.0. The third-order valence-corrected chi connectivity index (χ3v) is 5.33. The lowest BCUT2D eigenvalue weighted by Crippen LogP contribution is -2.42. The molecule has 21 heavy (non-hydrogen) atoms. The standard InChI is InChI=1S/C13H19N3O3S.ClH/c1-16(2)20(18,19)11-6-4-3-5-10(11)9-15-12(17)13(14)7-8-13;/h3-6H,7-9,14H2,1-2H3,(H,15,17);1H. The van der Waals surface area contributed by atoms with E-state index in [1.165, 1.54) is 20.2 Å². The van der Waals surface area contributed by atoms with Crippen LogP contribution < -0.4 is 11.1 Å². The van der Waals surface area contributed by atoms with Crippen molar-refractivity contribution >= 4 is 28.3 Å². The van der Waals surface area contributed by atoms with Crippen molar-refractivity contribution in [1.82, 2.24) is 9.62 Å². The molecule has 1 amide bonds. The summed E-state index contributed by atoms with van der Waals surface area (Å²) in [7, 11) is -0.573. The van der Waals surface area contributed by atoms with Crippen LogP contribution in [0.15, 0.2) is 29.2 Å². The molecule has 0 aromatic heterocycles. The van der Waals surface area contributed by atoms with Crippen LogP contribution >= 0.6 is 12.4 Å². The Morgan fingerprint density at radius 3 is 2.43 bits per heavy atom. The lowest BCUT2D eigenvalue weighted by molar-refractivity contribution is -0.123. The molecule has 1 aliphatic rings. The molecule has 0 radical (unpaired) electrons. The Morgan fingerprint density at radius 2 is 1.90 bits per heavy atom. The molecule has 0 heterocycles. The minimum Gasteiger partial charge on any atom is -0.350 e. The van der Waals surface area contributed by atoms with Crippen molar-refractivity contribution in [3.8, 4) is 0 Å². The summed E-state index contributed by atoms with van der Waals surface area (Å²) in [6, 6.07) is 6.62. The number of benzene rings is 1. The molecule has 0 bridgehead atoms. The fraction of sp³-hybridized carbons (Fsp3) is 0.462. The van der Waals surface area contributed by atoms with Gasteiger partial charge in [-0.25, -0.2) is 12.7 Å². The van der Waals surface area contributed by atoms with Crippen LogP contribution in [0.4, 0.5) is 0 Å². The molecule has 1 aliphatic carbocycles. The number of sulfonamides is 1. The summed E-state index contributed by atoms with van der Waals surface area (Å²) in [4.78, 5) is 12.0. The molecule has 0 spiro atoms. The van der Waals surface area contributed by atoms with E-state index in [9.17, 15) is 13.2 Å². The average Bonchev–Trinajstić information content (AvgIpc) is 3.15. The van der Waals surface area contributed by atoms with Crippen molar-refractivity contribution in [2.24, 2.45) is 5.73 Å². The molecule has 8 heteroatoms. The Hall–Kier alpha value is -1.15. The van der Waals surface area contributed by atoms with Crippen molar-refractivity contribution in [3.05, 3.63) is 29.8 Å². The number of amides is 1. The van der Waals surface area contributed by atoms with E-state index in [-0.39, 0.29) is 29.8 Å². The first-order chi connectivity index (χ1) is 9.27. The molecule has 0 atom stereocenters. The van der Waals surface area contributed by atoms with Crippen LogP contribution in [0.1, 0.15) is 18.4 Å². The van der Waals surface area contributed by atoms with Crippen molar-refractivity contribution in [2.75, 3.05) is 14.1 Å². The first-order valence-electron chi connectivity index (χ1n) is 6.35. The molecular formula is C13H20ClN3O3S. The Labute approximate surface area is 131 Å². The number of carbonyl (C=O) groups is 1. The summed E-state index contributed by atoms with van der Waals surface area (Å²) >= 11 is 0. The second-order valence-electron chi connectivity index (χ2n) is 5.23. The van der Waals surface area contributed by atoms with E-state index >= 15 is 0 Å². The number of rotatable bonds is 5. The third-order valence-electron chi connectivity index (χ3n) is 3.41. The minimum atomic E-state index is -3.52. The van der Waals surface area contributed by atoms with Crippen LogP contribution in [0, 0.1) is 0 Å². The predicted molar refractivity (Wildman–Crippen MR) is 82.6 cm³/mol. The van der Waals surface area contributed by atoms with Gasteiger partial charge >= 0.3 is 0 Å². The molecule has 2 rings (SSSR count). The van der Waals surface area contributed by atoms with Gasteiger partial charge < -0.3 is 11.1 Å². The van der Waals surface area contributed by atoms with Gasteiger partial charge in [0.1, 0.15) is 0 Å². The molecule has 118 valence electrons. The number of nitrogens with two attached hydrogens (primary N) is 1. The molecule has 1 aromatic carbocycles. The zero-order chi connectivity index (χ0) is 15.0. The fourth-order valence-electron chi connectivity index (χ4n) is 1.81. The van der Waals surface area contributed by atoms with Gasteiger partial charge in [0.25, 0.3) is 0 Å². The average molecular weight is 334 g/mol. The SMILES string of the molecule is CN(C)S(=O)(=O)c1ccccc1CNC(=O)C1(N)CC1.Cl. The summed E-state index contributed by atoms with van der Waals surface area (Å²) < 4.78 is 25.5. The van der Waals surface area contributed by atoms with E-state index in [2.05, 4.69) is 5.32 Å². The lowest BCUT2D eigenvalue weighted by atomic mass is 10.2. The number of carbonyl (C=O) groups excluding carboxylic acids is 1. The van der Waals surface area contributed by atoms with E-state index in [1.54, 1.807) is 18.2 Å². The molecular weight excluding hydrogens is 314 g/mol. The molecule has 1 fully saturated rings. The quantitative estimate of drug-likeness (QED) is 0.819. The summed E-state index contributed by atoms with van der Waals surface area (Å²) in [5.41, 5.74) is 5.59. The van der Waals surface area contributed by atoms with Gasteiger partial charge in [0.05, 0.1) is 10.4 Å². The number of nitrogens with zero attached hydrogens (tertiary/aromatic N) is 1. The highest BCUT2D eigenvalue weighted by molar-refractivity contribution is 7.89. The smallest absolute Gasteiger partial charge is 0.242 e. The van der Waals surface area contributed by atoms with Crippen molar-refractivity contribution < 1.29 is 13.2 Å². The minimum absolute atomic E-state index is 0. The third kappa shape index (κ3) is 3.74. The summed E-state index contributed by atoms with van der Waals surface area (Å²) in [5.74, 6) is -0.227. The highest BCUT2D eigenvalue weighted by Crippen LogP contribution is 2.32. The molecule has 6 nitrogen and oxygen atoms in total. The van der Waals surface area contributed by atoms with E-state index in [0.717, 1.165) is 4.31 Å². The molecule has 1 aromatic rings. The zero-order valence-corrected chi connectivity index (χ0v) is 13.6. The number of hydrogen-bond donors (Lipinski definition) is 2. The van der Waals surface area contributed by atoms with Crippen LogP contribution in [0.5, 0.6) is 0 Å². The maximum atomic E-state index is 12.2. The second-order valence-corrected chi connectivity index (χ2v) is 7.35. The highest BCUT2D eigenvalue weighted by atomic mass is 35.5. The number of halogens is 1. The van der Waals surface area contributed by atoms with Gasteiger partial charge in [-0.1, -0.05) is 18.2 Å². The van der Waals surface area contributed by atoms with Crippen molar-refractivity contribution in [2.45, 2.75) is 29.8 Å². The fourth-order valence-corrected chi connectivity index (χ4v) is 2.93. The lowest BCUT2D eigenvalue weighted by Gasteiger charge is -2.16. The topological polar surface area (TPSA) is 92.5 Å². The molecule has 0 aliphatic heterocycles. The van der Waals surface area contributed by atoms with E-state index < -0.39 is 15.6 Å². The largest absolute Gasteiger partial charge is 0.350 e. The van der Waals surface area contributed by atoms with Crippen LogP contribution in [-0.2, 0) is 21.4 Å². The summed E-state index contributed by atoms with van der Waals surface area (Å²) in [6.07, 6.45) is 1.35. The van der Waals surface area contributed by atoms with Crippen molar-refractivity contribution in [1.29, 1.82) is 0 Å². The summed E-state index contributed by atoms with van der Waals surface area (Å²) in [5, 5.41) is 2.71. The van der Waals surface area contributed by atoms with Gasteiger partial charge in [0.15, 0.2) is 0 Å². The van der Waals surface area contributed by atoms with Gasteiger partial charge in [-0.15, -0.1) is 12.4 Å². The first kappa shape index (κ1) is 17.9. The number of hydrogen-bond acceptors (Lipinski definition) is 4. The monoisotopic (exact) mass is 333 g/mol. The predicted octanol–water partition coefficient (Wildman–Crippen LogP) is 0.466. The molecule has 0 unspecified atom stereocenters. The van der Waals surface area contributed by atoms with Crippen LogP contribution in [0.2, 0.25) is 0 Å². The van der Waals surface area contributed by atoms with Crippen LogP contribution in [0.25, 0.3) is 0 Å². The van der Waals surface area contributed by atoms with Crippen molar-refractivity contribution in [3.63, 3.8) is 0 Å². The Balaban J connectivity index is 0.00000220. The normalized spacial score (nSPS) is 16.2. The second kappa shape index (κ2) is 6.31. The maximum absolute atomic E-state index is 12.2. The van der Waals surface area contributed by atoms with Gasteiger partial charge in [-0.2, -0.15) is 0 Å². The first-order valence-corrected chi connectivity index (χ1v) is 7.79. The molecule has 0 saturated heterocycles. The Kier molecular flexibility index (Phi) is 5.38. The van der Waals surface area contributed by atoms with Gasteiger partial charge in [0.2, 0.25) is 15.9 Å². The van der Waals surface area contributed by atoms with Gasteiger partial charge in [-0.05, 0) is 24.5 Å². The van der Waals surface area contributed by atoms with E-state index in [0.29, 0.717) is 18.4 Å². The molecule has 1 saturated carbocycles. The Morgan fingerprint density at radius 1 is 1.33 bits per heavy atom. The maximum Gasteiger partial charge on any atom is 0.242 e. The number of nitrogens with one attached hydrogen (secondary N) is 1. The van der Waals surface area contributed by atoms with E-state index in [4.69, 9.17) is 5.73 Å². The molecule has 3 N–H and O–H groups in total. The van der Waals surface area contributed by atoms with Gasteiger partial charge in [0, 0.05) is 20.6 Å².